The van der Waals surface area contributed by atoms with Gasteiger partial charge in [0.2, 0.25) is 0 Å². The minimum absolute atomic E-state index is 0.00447. The van der Waals surface area contributed by atoms with Crippen LogP contribution in [0.1, 0.15) is 23.2 Å². The predicted octanol–water partition coefficient (Wildman–Crippen LogP) is 2.87. The van der Waals surface area contributed by atoms with E-state index in [0.29, 0.717) is 42.6 Å². The highest BCUT2D eigenvalue weighted by atomic mass is 16.4. The maximum atomic E-state index is 13.0. The van der Waals surface area contributed by atoms with E-state index in [1.165, 1.54) is 4.90 Å². The summed E-state index contributed by atoms with van der Waals surface area (Å²) in [6.07, 6.45) is 1.07. The zero-order valence-corrected chi connectivity index (χ0v) is 17.3. The number of fused-ring (bicyclic) bond motifs is 1. The van der Waals surface area contributed by atoms with Crippen LogP contribution in [0.4, 0.5) is 10.5 Å². The van der Waals surface area contributed by atoms with Crippen LogP contribution >= 0.6 is 0 Å². The molecule has 0 atom stereocenters. The zero-order valence-electron chi connectivity index (χ0n) is 17.3. The number of benzene rings is 2. The first-order valence-corrected chi connectivity index (χ1v) is 10.5. The fourth-order valence-electron chi connectivity index (χ4n) is 4.40. The van der Waals surface area contributed by atoms with Crippen LogP contribution in [0.5, 0.6) is 0 Å². The maximum Gasteiger partial charge on any atom is 0.349 e. The van der Waals surface area contributed by atoms with E-state index in [2.05, 4.69) is 0 Å². The van der Waals surface area contributed by atoms with Gasteiger partial charge in [-0.1, -0.05) is 36.4 Å². The number of piperidine rings is 1. The lowest BCUT2D eigenvalue weighted by Crippen LogP contribution is -2.48. The normalized spacial score (nSPS) is 17.4. The number of para-hydroxylation sites is 2. The molecule has 2 fully saturated rings. The first-order chi connectivity index (χ1) is 15.5. The third-order valence-electron chi connectivity index (χ3n) is 6.07. The molecule has 2 aliphatic rings. The van der Waals surface area contributed by atoms with Crippen molar-refractivity contribution in [3.05, 3.63) is 76.6 Å². The Morgan fingerprint density at radius 1 is 0.906 bits per heavy atom. The van der Waals surface area contributed by atoms with Gasteiger partial charge in [0.1, 0.15) is 17.7 Å². The van der Waals surface area contributed by atoms with Crippen molar-refractivity contribution >= 4 is 34.5 Å². The van der Waals surface area contributed by atoms with E-state index < -0.39 is 5.63 Å². The first-order valence-electron chi connectivity index (χ1n) is 10.5. The largest absolute Gasteiger partial charge is 0.422 e. The molecule has 8 heteroatoms. The van der Waals surface area contributed by atoms with Crippen molar-refractivity contribution in [1.82, 2.24) is 9.80 Å². The molecule has 5 rings (SSSR count). The number of carbonyl (C=O) groups excluding carboxylic acids is 3. The summed E-state index contributed by atoms with van der Waals surface area (Å²) in [4.78, 5) is 55.1. The SMILES string of the molecule is O=C(c1cc2ccccc2oc1=O)N1CCC(N2CC(=O)N(c3ccccc3)C2=O)CC1. The number of rotatable bonds is 3. The van der Waals surface area contributed by atoms with Gasteiger partial charge in [-0.25, -0.2) is 14.5 Å². The quantitative estimate of drug-likeness (QED) is 0.470. The third kappa shape index (κ3) is 3.43. The summed E-state index contributed by atoms with van der Waals surface area (Å²) in [5.41, 5.74) is 0.341. The average molecular weight is 431 g/mol. The average Bonchev–Trinajstić information content (AvgIpc) is 3.12. The van der Waals surface area contributed by atoms with Crippen LogP contribution in [-0.2, 0) is 4.79 Å². The number of urea groups is 1. The Morgan fingerprint density at radius 2 is 1.59 bits per heavy atom. The Bertz CT molecular complexity index is 1260. The van der Waals surface area contributed by atoms with Crippen LogP contribution < -0.4 is 10.5 Å². The van der Waals surface area contributed by atoms with Crippen LogP contribution in [0, 0.1) is 0 Å². The molecular weight excluding hydrogens is 410 g/mol. The van der Waals surface area contributed by atoms with Gasteiger partial charge in [0.05, 0.1) is 5.69 Å². The molecule has 32 heavy (non-hydrogen) atoms. The Morgan fingerprint density at radius 3 is 2.34 bits per heavy atom. The van der Waals surface area contributed by atoms with E-state index in [4.69, 9.17) is 4.42 Å². The molecule has 4 amide bonds. The van der Waals surface area contributed by atoms with Crippen LogP contribution in [0.25, 0.3) is 11.0 Å². The van der Waals surface area contributed by atoms with E-state index >= 15 is 0 Å². The van der Waals surface area contributed by atoms with Crippen molar-refractivity contribution in [1.29, 1.82) is 0 Å². The van der Waals surface area contributed by atoms with E-state index in [9.17, 15) is 19.2 Å². The zero-order chi connectivity index (χ0) is 22.2. The second-order valence-corrected chi connectivity index (χ2v) is 7.98. The lowest BCUT2D eigenvalue weighted by molar-refractivity contribution is -0.116. The molecular formula is C24H21N3O5. The smallest absolute Gasteiger partial charge is 0.349 e. The first kappa shape index (κ1) is 20.0. The summed E-state index contributed by atoms with van der Waals surface area (Å²) in [6.45, 7) is 0.804. The molecule has 0 radical (unpaired) electrons. The van der Waals surface area contributed by atoms with E-state index in [1.807, 2.05) is 12.1 Å². The Balaban J connectivity index is 1.28. The van der Waals surface area contributed by atoms with Crippen molar-refractivity contribution in [3.8, 4) is 0 Å². The second-order valence-electron chi connectivity index (χ2n) is 7.98. The number of nitrogens with zero attached hydrogens (tertiary/aromatic N) is 3. The second kappa shape index (κ2) is 7.96. The number of hydrogen-bond donors (Lipinski definition) is 0. The van der Waals surface area contributed by atoms with E-state index in [-0.39, 0.29) is 36.0 Å². The fraction of sp³-hybridized carbons (Fsp3) is 0.250. The molecule has 0 aliphatic carbocycles. The van der Waals surface area contributed by atoms with E-state index in [0.717, 1.165) is 0 Å². The van der Waals surface area contributed by atoms with Gasteiger partial charge in [0, 0.05) is 24.5 Å². The standard InChI is InChI=1S/C24H21N3O5/c28-21-15-26(24(31)27(21)18-7-2-1-3-8-18)17-10-12-25(13-11-17)22(29)19-14-16-6-4-5-9-20(16)32-23(19)30/h1-9,14,17H,10-13,15H2. The van der Waals surface area contributed by atoms with Gasteiger partial charge in [0.25, 0.3) is 11.8 Å². The molecule has 162 valence electrons. The van der Waals surface area contributed by atoms with Crippen LogP contribution in [0.15, 0.2) is 69.9 Å². The molecule has 0 bridgehead atoms. The van der Waals surface area contributed by atoms with Gasteiger partial charge in [-0.3, -0.25) is 9.59 Å². The Hall–Kier alpha value is -3.94. The third-order valence-corrected chi connectivity index (χ3v) is 6.07. The highest BCUT2D eigenvalue weighted by molar-refractivity contribution is 6.19. The van der Waals surface area contributed by atoms with Gasteiger partial charge in [-0.2, -0.15) is 0 Å². The summed E-state index contributed by atoms with van der Waals surface area (Å²) in [6, 6.07) is 17.0. The van der Waals surface area contributed by atoms with Gasteiger partial charge in [-0.15, -0.1) is 0 Å². The number of hydrogen-bond acceptors (Lipinski definition) is 5. The topological polar surface area (TPSA) is 91.1 Å². The molecule has 1 aromatic heterocycles. The Labute approximate surface area is 183 Å². The molecule has 2 aromatic carbocycles. The molecule has 0 spiro atoms. The molecule has 2 aliphatic heterocycles. The summed E-state index contributed by atoms with van der Waals surface area (Å²) in [5.74, 6) is -0.633. The van der Waals surface area contributed by atoms with Crippen LogP contribution in [0.2, 0.25) is 0 Å². The number of anilines is 1. The molecule has 3 heterocycles. The number of imide groups is 1. The molecule has 0 unspecified atom stereocenters. The maximum absolute atomic E-state index is 13.0. The summed E-state index contributed by atoms with van der Waals surface area (Å²) >= 11 is 0. The Kier molecular flexibility index (Phi) is 4.97. The van der Waals surface area contributed by atoms with Crippen molar-refractivity contribution in [2.45, 2.75) is 18.9 Å². The number of carbonyl (C=O) groups is 3. The fourth-order valence-corrected chi connectivity index (χ4v) is 4.40. The predicted molar refractivity (Wildman–Crippen MR) is 117 cm³/mol. The number of amides is 4. The molecule has 2 saturated heterocycles. The molecule has 0 N–H and O–H groups in total. The summed E-state index contributed by atoms with van der Waals surface area (Å²) in [7, 11) is 0. The monoisotopic (exact) mass is 431 g/mol. The lowest BCUT2D eigenvalue weighted by atomic mass is 10.0. The highest BCUT2D eigenvalue weighted by Crippen LogP contribution is 2.26. The summed E-state index contributed by atoms with van der Waals surface area (Å²) < 4.78 is 5.29. The summed E-state index contributed by atoms with van der Waals surface area (Å²) in [5, 5.41) is 0.688. The minimum atomic E-state index is -0.658. The highest BCUT2D eigenvalue weighted by Gasteiger charge is 2.42. The van der Waals surface area contributed by atoms with Crippen molar-refractivity contribution in [2.24, 2.45) is 0 Å². The van der Waals surface area contributed by atoms with E-state index in [1.54, 1.807) is 58.3 Å². The van der Waals surface area contributed by atoms with Gasteiger partial charge < -0.3 is 14.2 Å². The van der Waals surface area contributed by atoms with Crippen molar-refractivity contribution < 1.29 is 18.8 Å². The lowest BCUT2D eigenvalue weighted by Gasteiger charge is -2.36. The van der Waals surface area contributed by atoms with Gasteiger partial charge >= 0.3 is 11.7 Å². The van der Waals surface area contributed by atoms with Crippen LogP contribution in [0.3, 0.4) is 0 Å². The van der Waals surface area contributed by atoms with Gasteiger partial charge in [-0.05, 0) is 37.1 Å². The van der Waals surface area contributed by atoms with Crippen LogP contribution in [-0.4, -0.2) is 53.3 Å². The minimum Gasteiger partial charge on any atom is -0.422 e. The molecule has 3 aromatic rings. The number of likely N-dealkylation sites (tertiary alicyclic amines) is 1. The van der Waals surface area contributed by atoms with Gasteiger partial charge in [0.15, 0.2) is 0 Å². The van der Waals surface area contributed by atoms with Crippen molar-refractivity contribution in [3.63, 3.8) is 0 Å². The molecule has 8 nitrogen and oxygen atoms in total. The molecule has 0 saturated carbocycles. The van der Waals surface area contributed by atoms with Crippen molar-refractivity contribution in [2.75, 3.05) is 24.5 Å².